The maximum atomic E-state index is 12.2. The summed E-state index contributed by atoms with van der Waals surface area (Å²) in [6, 6.07) is 5.16. The number of ether oxygens (including phenoxy) is 2. The Hall–Kier alpha value is -2.15. The molecule has 7 heteroatoms. The van der Waals surface area contributed by atoms with Crippen LogP contribution < -0.4 is 14.8 Å². The first-order valence-corrected chi connectivity index (χ1v) is 7.61. The molecule has 0 spiro atoms. The first-order chi connectivity index (χ1) is 10.3. The van der Waals surface area contributed by atoms with E-state index in [0.717, 1.165) is 17.8 Å². The molecule has 110 valence electrons. The number of aromatic nitrogens is 2. The standard InChI is InChI=1S/C14H15N3O3S/c1-2-12-16-17-14(21-12)15-13(18)9-4-5-10-11(8-9)20-7-3-6-19-10/h4-5,8H,2-3,6-7H2,1H3,(H,15,17,18). The van der Waals surface area contributed by atoms with Crippen LogP contribution in [0.15, 0.2) is 18.2 Å². The van der Waals surface area contributed by atoms with Crippen molar-refractivity contribution in [1.29, 1.82) is 0 Å². The highest BCUT2D eigenvalue weighted by molar-refractivity contribution is 7.15. The minimum atomic E-state index is -0.232. The second kappa shape index (κ2) is 6.09. The van der Waals surface area contributed by atoms with E-state index in [2.05, 4.69) is 15.5 Å². The summed E-state index contributed by atoms with van der Waals surface area (Å²) in [5.74, 6) is 1.05. The first-order valence-electron chi connectivity index (χ1n) is 6.79. The second-order valence-corrected chi connectivity index (χ2v) is 5.58. The summed E-state index contributed by atoms with van der Waals surface area (Å²) in [6.45, 7) is 3.22. The van der Waals surface area contributed by atoms with Crippen molar-refractivity contribution in [2.45, 2.75) is 19.8 Å². The molecule has 1 aliphatic heterocycles. The van der Waals surface area contributed by atoms with Gasteiger partial charge in [-0.1, -0.05) is 18.3 Å². The third kappa shape index (κ3) is 3.13. The van der Waals surface area contributed by atoms with Gasteiger partial charge in [-0.05, 0) is 24.6 Å². The number of hydrogen-bond donors (Lipinski definition) is 1. The molecule has 3 rings (SSSR count). The molecule has 0 fully saturated rings. The van der Waals surface area contributed by atoms with Crippen LogP contribution >= 0.6 is 11.3 Å². The zero-order valence-electron chi connectivity index (χ0n) is 11.6. The van der Waals surface area contributed by atoms with Crippen LogP contribution in [0.5, 0.6) is 11.5 Å². The second-order valence-electron chi connectivity index (χ2n) is 4.52. The summed E-state index contributed by atoms with van der Waals surface area (Å²) >= 11 is 1.38. The molecule has 0 atom stereocenters. The van der Waals surface area contributed by atoms with Crippen molar-refractivity contribution in [2.75, 3.05) is 18.5 Å². The Bertz CT molecular complexity index is 657. The number of benzene rings is 1. The summed E-state index contributed by atoms with van der Waals surface area (Å²) in [5, 5.41) is 12.0. The number of carbonyl (C=O) groups excluding carboxylic acids is 1. The highest BCUT2D eigenvalue weighted by Crippen LogP contribution is 2.30. The van der Waals surface area contributed by atoms with Crippen molar-refractivity contribution in [3.05, 3.63) is 28.8 Å². The Morgan fingerprint density at radius 1 is 1.29 bits per heavy atom. The number of hydrogen-bond acceptors (Lipinski definition) is 6. The number of aryl methyl sites for hydroxylation is 1. The molecular formula is C14H15N3O3S. The average molecular weight is 305 g/mol. The summed E-state index contributed by atoms with van der Waals surface area (Å²) in [4.78, 5) is 12.2. The number of anilines is 1. The molecule has 21 heavy (non-hydrogen) atoms. The van der Waals surface area contributed by atoms with Crippen LogP contribution in [0.2, 0.25) is 0 Å². The Labute approximate surface area is 126 Å². The van der Waals surface area contributed by atoms with Crippen molar-refractivity contribution >= 4 is 22.4 Å². The lowest BCUT2D eigenvalue weighted by Crippen LogP contribution is -2.12. The van der Waals surface area contributed by atoms with Gasteiger partial charge in [0.1, 0.15) is 5.01 Å². The third-order valence-corrected chi connectivity index (χ3v) is 3.98. The molecule has 0 radical (unpaired) electrons. The van der Waals surface area contributed by atoms with Crippen molar-refractivity contribution < 1.29 is 14.3 Å². The minimum Gasteiger partial charge on any atom is -0.490 e. The molecule has 0 saturated heterocycles. The lowest BCUT2D eigenvalue weighted by Gasteiger charge is -2.08. The molecular weight excluding hydrogens is 290 g/mol. The van der Waals surface area contributed by atoms with E-state index in [-0.39, 0.29) is 5.91 Å². The summed E-state index contributed by atoms with van der Waals surface area (Å²) in [7, 11) is 0. The van der Waals surface area contributed by atoms with Gasteiger partial charge in [-0.2, -0.15) is 0 Å². The van der Waals surface area contributed by atoms with Gasteiger partial charge in [-0.25, -0.2) is 0 Å². The normalized spacial score (nSPS) is 13.6. The molecule has 0 bridgehead atoms. The smallest absolute Gasteiger partial charge is 0.257 e. The fourth-order valence-electron chi connectivity index (χ4n) is 1.92. The molecule has 2 heterocycles. The fourth-order valence-corrected chi connectivity index (χ4v) is 2.60. The zero-order valence-corrected chi connectivity index (χ0v) is 12.4. The van der Waals surface area contributed by atoms with Gasteiger partial charge in [0.05, 0.1) is 13.2 Å². The molecule has 1 aliphatic rings. The molecule has 0 saturated carbocycles. The summed E-state index contributed by atoms with van der Waals surface area (Å²) in [6.07, 6.45) is 1.64. The van der Waals surface area contributed by atoms with Gasteiger partial charge in [0.2, 0.25) is 5.13 Å². The summed E-state index contributed by atoms with van der Waals surface area (Å²) < 4.78 is 11.1. The SMILES string of the molecule is CCc1nnc(NC(=O)c2ccc3c(c2)OCCCO3)s1. The van der Waals surface area contributed by atoms with Crippen LogP contribution in [-0.4, -0.2) is 29.3 Å². The van der Waals surface area contributed by atoms with Crippen LogP contribution in [-0.2, 0) is 6.42 Å². The van der Waals surface area contributed by atoms with Gasteiger partial charge in [0.15, 0.2) is 11.5 Å². The predicted octanol–water partition coefficient (Wildman–Crippen LogP) is 2.51. The maximum absolute atomic E-state index is 12.2. The van der Waals surface area contributed by atoms with Crippen LogP contribution in [0.4, 0.5) is 5.13 Å². The molecule has 6 nitrogen and oxygen atoms in total. The van der Waals surface area contributed by atoms with Crippen molar-refractivity contribution in [3.63, 3.8) is 0 Å². The number of amides is 1. The molecule has 1 aromatic carbocycles. The van der Waals surface area contributed by atoms with E-state index in [1.165, 1.54) is 11.3 Å². The largest absolute Gasteiger partial charge is 0.490 e. The van der Waals surface area contributed by atoms with Crippen LogP contribution in [0.25, 0.3) is 0 Å². The topological polar surface area (TPSA) is 73.3 Å². The quantitative estimate of drug-likeness (QED) is 0.943. The van der Waals surface area contributed by atoms with Crippen LogP contribution in [0.1, 0.15) is 28.7 Å². The van der Waals surface area contributed by atoms with Crippen LogP contribution in [0, 0.1) is 0 Å². The highest BCUT2D eigenvalue weighted by atomic mass is 32.1. The Morgan fingerprint density at radius 2 is 2.10 bits per heavy atom. The van der Waals surface area contributed by atoms with E-state index in [9.17, 15) is 4.79 Å². The first kappa shape index (κ1) is 13.8. The van der Waals surface area contributed by atoms with E-state index in [1.54, 1.807) is 18.2 Å². The molecule has 1 aromatic heterocycles. The van der Waals surface area contributed by atoms with E-state index in [4.69, 9.17) is 9.47 Å². The van der Waals surface area contributed by atoms with E-state index in [0.29, 0.717) is 35.4 Å². The molecule has 2 aromatic rings. The fraction of sp³-hybridized carbons (Fsp3) is 0.357. The van der Waals surface area contributed by atoms with Gasteiger partial charge >= 0.3 is 0 Å². The molecule has 0 unspecified atom stereocenters. The third-order valence-electron chi connectivity index (χ3n) is 3.00. The van der Waals surface area contributed by atoms with E-state index in [1.807, 2.05) is 6.92 Å². The van der Waals surface area contributed by atoms with Crippen molar-refractivity contribution in [3.8, 4) is 11.5 Å². The number of nitrogens with zero attached hydrogens (tertiary/aromatic N) is 2. The van der Waals surface area contributed by atoms with Gasteiger partial charge in [-0.15, -0.1) is 10.2 Å². The van der Waals surface area contributed by atoms with E-state index < -0.39 is 0 Å². The van der Waals surface area contributed by atoms with Gasteiger partial charge in [0.25, 0.3) is 5.91 Å². The lowest BCUT2D eigenvalue weighted by atomic mass is 10.2. The number of fused-ring (bicyclic) bond motifs is 1. The van der Waals surface area contributed by atoms with Gasteiger partial charge in [0, 0.05) is 12.0 Å². The lowest BCUT2D eigenvalue weighted by molar-refractivity contribution is 0.102. The van der Waals surface area contributed by atoms with Crippen molar-refractivity contribution in [1.82, 2.24) is 10.2 Å². The monoisotopic (exact) mass is 305 g/mol. The molecule has 1 amide bonds. The average Bonchev–Trinajstić information content (AvgIpc) is 2.82. The zero-order chi connectivity index (χ0) is 14.7. The maximum Gasteiger partial charge on any atom is 0.257 e. The van der Waals surface area contributed by atoms with Gasteiger partial charge < -0.3 is 9.47 Å². The number of rotatable bonds is 3. The van der Waals surface area contributed by atoms with Crippen molar-refractivity contribution in [2.24, 2.45) is 0 Å². The highest BCUT2D eigenvalue weighted by Gasteiger charge is 2.15. The number of carbonyl (C=O) groups is 1. The summed E-state index contributed by atoms with van der Waals surface area (Å²) in [5.41, 5.74) is 0.507. The Morgan fingerprint density at radius 3 is 2.86 bits per heavy atom. The Kier molecular flexibility index (Phi) is 4.01. The van der Waals surface area contributed by atoms with Gasteiger partial charge in [-0.3, -0.25) is 10.1 Å². The minimum absolute atomic E-state index is 0.232. The Balaban J connectivity index is 1.76. The predicted molar refractivity (Wildman–Crippen MR) is 79.3 cm³/mol. The number of nitrogens with one attached hydrogen (secondary N) is 1. The van der Waals surface area contributed by atoms with Crippen LogP contribution in [0.3, 0.4) is 0 Å². The van der Waals surface area contributed by atoms with E-state index >= 15 is 0 Å². The molecule has 1 N–H and O–H groups in total. The molecule has 0 aliphatic carbocycles.